The number of Topliss-reactive ketones (excluding diaryl/α,β-unsaturated/α-hetero) is 1. The van der Waals surface area contributed by atoms with Gasteiger partial charge in [-0.2, -0.15) is 0 Å². The van der Waals surface area contributed by atoms with E-state index in [1.165, 1.54) is 0 Å². The summed E-state index contributed by atoms with van der Waals surface area (Å²) in [6.45, 7) is 4.27. The standard InChI is InChI=1S/C26H19BrO6/c1-14-4-3-5-16(6-14)26(29)32-20-7-15(2)23-21(11-20)33-22(24(23)28)10-17-8-19(27)9-18-12-30-13-31-25(17)18/h3-11H,12-13H2,1-2H3/b22-10-. The highest BCUT2D eigenvalue weighted by atomic mass is 79.9. The van der Waals surface area contributed by atoms with E-state index in [9.17, 15) is 9.59 Å². The zero-order chi connectivity index (χ0) is 23.1. The van der Waals surface area contributed by atoms with E-state index in [1.54, 1.807) is 43.3 Å². The third-order valence-corrected chi connectivity index (χ3v) is 5.86. The van der Waals surface area contributed by atoms with Gasteiger partial charge in [0.15, 0.2) is 12.6 Å². The summed E-state index contributed by atoms with van der Waals surface area (Å²) in [4.78, 5) is 25.6. The number of halogens is 1. The zero-order valence-corrected chi connectivity index (χ0v) is 19.5. The van der Waals surface area contributed by atoms with Crippen molar-refractivity contribution < 1.29 is 28.5 Å². The highest BCUT2D eigenvalue weighted by molar-refractivity contribution is 9.10. The number of esters is 1. The number of carbonyl (C=O) groups excluding carboxylic acids is 2. The number of hydrogen-bond donors (Lipinski definition) is 0. The first-order valence-electron chi connectivity index (χ1n) is 10.3. The van der Waals surface area contributed by atoms with Crippen LogP contribution in [0.1, 0.15) is 43.0 Å². The van der Waals surface area contributed by atoms with Crippen LogP contribution in [0.25, 0.3) is 6.08 Å². The Kier molecular flexibility index (Phi) is 5.52. The van der Waals surface area contributed by atoms with E-state index in [4.69, 9.17) is 18.9 Å². The maximum Gasteiger partial charge on any atom is 0.343 e. The Labute approximate surface area is 198 Å². The van der Waals surface area contributed by atoms with Crippen LogP contribution in [-0.4, -0.2) is 18.5 Å². The molecule has 5 rings (SSSR count). The number of ether oxygens (including phenoxy) is 4. The second-order valence-corrected chi connectivity index (χ2v) is 8.82. The number of carbonyl (C=O) groups is 2. The van der Waals surface area contributed by atoms with Crippen LogP contribution in [0.4, 0.5) is 0 Å². The summed E-state index contributed by atoms with van der Waals surface area (Å²) in [5.74, 6) is 0.788. The first kappa shape index (κ1) is 21.4. The summed E-state index contributed by atoms with van der Waals surface area (Å²) in [6.07, 6.45) is 1.66. The van der Waals surface area contributed by atoms with Crippen molar-refractivity contribution in [2.75, 3.05) is 6.79 Å². The molecule has 0 bridgehead atoms. The molecule has 0 unspecified atom stereocenters. The fourth-order valence-electron chi connectivity index (χ4n) is 3.93. The van der Waals surface area contributed by atoms with Gasteiger partial charge < -0.3 is 18.9 Å². The number of benzene rings is 3. The molecular weight excluding hydrogens is 488 g/mol. The van der Waals surface area contributed by atoms with Crippen molar-refractivity contribution in [2.45, 2.75) is 20.5 Å². The lowest BCUT2D eigenvalue weighted by Crippen LogP contribution is -2.12. The Balaban J connectivity index is 1.45. The van der Waals surface area contributed by atoms with Crippen molar-refractivity contribution in [3.05, 3.63) is 92.1 Å². The lowest BCUT2D eigenvalue weighted by molar-refractivity contribution is -0.0165. The minimum Gasteiger partial charge on any atom is -0.467 e. The third-order valence-electron chi connectivity index (χ3n) is 5.40. The molecule has 0 atom stereocenters. The van der Waals surface area contributed by atoms with Crippen molar-refractivity contribution in [1.82, 2.24) is 0 Å². The molecule has 0 spiro atoms. The predicted octanol–water partition coefficient (Wildman–Crippen LogP) is 5.77. The largest absolute Gasteiger partial charge is 0.467 e. The molecule has 0 saturated carbocycles. The molecule has 2 aliphatic rings. The minimum atomic E-state index is -0.474. The summed E-state index contributed by atoms with van der Waals surface area (Å²) >= 11 is 3.49. The quantitative estimate of drug-likeness (QED) is 0.255. The molecule has 0 amide bonds. The molecule has 0 fully saturated rings. The Bertz CT molecular complexity index is 1340. The normalized spacial score (nSPS) is 15.5. The molecule has 2 aliphatic heterocycles. The van der Waals surface area contributed by atoms with Crippen LogP contribution in [0.2, 0.25) is 0 Å². The van der Waals surface area contributed by atoms with Crippen LogP contribution in [0, 0.1) is 13.8 Å². The summed E-state index contributed by atoms with van der Waals surface area (Å²) < 4.78 is 23.3. The van der Waals surface area contributed by atoms with E-state index >= 15 is 0 Å². The van der Waals surface area contributed by atoms with Crippen molar-refractivity contribution in [3.8, 4) is 17.2 Å². The van der Waals surface area contributed by atoms with E-state index in [1.807, 2.05) is 25.1 Å². The number of hydrogen-bond acceptors (Lipinski definition) is 6. The zero-order valence-electron chi connectivity index (χ0n) is 17.9. The van der Waals surface area contributed by atoms with Crippen LogP contribution >= 0.6 is 15.9 Å². The maximum absolute atomic E-state index is 13.1. The Morgan fingerprint density at radius 3 is 2.79 bits per heavy atom. The Morgan fingerprint density at radius 2 is 1.97 bits per heavy atom. The first-order chi connectivity index (χ1) is 15.9. The van der Waals surface area contributed by atoms with Crippen LogP contribution in [0.3, 0.4) is 0 Å². The molecule has 0 radical (unpaired) electrons. The van der Waals surface area contributed by atoms with Gasteiger partial charge in [-0.05, 0) is 55.8 Å². The molecule has 6 nitrogen and oxygen atoms in total. The van der Waals surface area contributed by atoms with Crippen molar-refractivity contribution >= 4 is 33.8 Å². The molecule has 2 heterocycles. The molecule has 0 N–H and O–H groups in total. The summed E-state index contributed by atoms with van der Waals surface area (Å²) in [5, 5.41) is 0. The average Bonchev–Trinajstić information content (AvgIpc) is 3.09. The Morgan fingerprint density at radius 1 is 1.12 bits per heavy atom. The summed E-state index contributed by atoms with van der Waals surface area (Å²) in [6, 6.07) is 14.2. The number of fused-ring (bicyclic) bond motifs is 2. The fraction of sp³-hybridized carbons (Fsp3) is 0.154. The van der Waals surface area contributed by atoms with Gasteiger partial charge in [0.2, 0.25) is 5.78 Å². The van der Waals surface area contributed by atoms with E-state index < -0.39 is 5.97 Å². The fourth-order valence-corrected chi connectivity index (χ4v) is 4.45. The summed E-state index contributed by atoms with van der Waals surface area (Å²) in [5.41, 5.74) is 4.12. The highest BCUT2D eigenvalue weighted by Crippen LogP contribution is 2.39. The monoisotopic (exact) mass is 506 g/mol. The van der Waals surface area contributed by atoms with E-state index in [-0.39, 0.29) is 18.3 Å². The van der Waals surface area contributed by atoms with Gasteiger partial charge in [-0.3, -0.25) is 4.79 Å². The minimum absolute atomic E-state index is 0.147. The van der Waals surface area contributed by atoms with Gasteiger partial charge in [-0.25, -0.2) is 4.79 Å². The second-order valence-electron chi connectivity index (χ2n) is 7.91. The smallest absolute Gasteiger partial charge is 0.343 e. The molecule has 7 heteroatoms. The van der Waals surface area contributed by atoms with Crippen LogP contribution in [-0.2, 0) is 11.3 Å². The van der Waals surface area contributed by atoms with Gasteiger partial charge >= 0.3 is 5.97 Å². The van der Waals surface area contributed by atoms with Crippen LogP contribution < -0.4 is 14.2 Å². The lowest BCUT2D eigenvalue weighted by atomic mass is 10.0. The number of aryl methyl sites for hydroxylation is 2. The topological polar surface area (TPSA) is 71.1 Å². The highest BCUT2D eigenvalue weighted by Gasteiger charge is 2.31. The van der Waals surface area contributed by atoms with Crippen molar-refractivity contribution in [1.29, 1.82) is 0 Å². The van der Waals surface area contributed by atoms with Gasteiger partial charge in [0.25, 0.3) is 0 Å². The predicted molar refractivity (Wildman–Crippen MR) is 125 cm³/mol. The molecule has 0 saturated heterocycles. The second kappa shape index (κ2) is 8.50. The molecule has 33 heavy (non-hydrogen) atoms. The molecule has 0 aromatic heterocycles. The van der Waals surface area contributed by atoms with Crippen molar-refractivity contribution in [3.63, 3.8) is 0 Å². The van der Waals surface area contributed by atoms with Gasteiger partial charge in [0.1, 0.15) is 17.2 Å². The Hall–Kier alpha value is -3.42. The first-order valence-corrected chi connectivity index (χ1v) is 11.1. The molecule has 3 aromatic rings. The number of allylic oxidation sites excluding steroid dienone is 1. The van der Waals surface area contributed by atoms with E-state index in [2.05, 4.69) is 15.9 Å². The number of ketones is 1. The van der Waals surface area contributed by atoms with E-state index in [0.29, 0.717) is 46.1 Å². The summed E-state index contributed by atoms with van der Waals surface area (Å²) in [7, 11) is 0. The third kappa shape index (κ3) is 4.17. The molecule has 3 aromatic carbocycles. The van der Waals surface area contributed by atoms with E-state index in [0.717, 1.165) is 15.6 Å². The maximum atomic E-state index is 13.1. The number of rotatable bonds is 3. The van der Waals surface area contributed by atoms with Crippen LogP contribution in [0.5, 0.6) is 17.2 Å². The van der Waals surface area contributed by atoms with Gasteiger partial charge in [0, 0.05) is 21.7 Å². The SMILES string of the molecule is Cc1cccc(C(=O)Oc2cc(C)c3c(c2)O/C(=C\c2cc(Br)cc4c2OCOC4)C3=O)c1. The van der Waals surface area contributed by atoms with Gasteiger partial charge in [-0.1, -0.05) is 33.6 Å². The van der Waals surface area contributed by atoms with Crippen molar-refractivity contribution in [2.24, 2.45) is 0 Å². The van der Waals surface area contributed by atoms with Gasteiger partial charge in [-0.15, -0.1) is 0 Å². The van der Waals surface area contributed by atoms with Crippen LogP contribution in [0.15, 0.2) is 58.8 Å². The molecule has 0 aliphatic carbocycles. The van der Waals surface area contributed by atoms with Gasteiger partial charge in [0.05, 0.1) is 17.7 Å². The molecule has 166 valence electrons. The lowest BCUT2D eigenvalue weighted by Gasteiger charge is -2.20. The average molecular weight is 507 g/mol. The molecular formula is C26H19BrO6.